The third-order valence-corrected chi connectivity index (χ3v) is 7.64. The average Bonchev–Trinajstić information content (AvgIpc) is 3.57. The lowest BCUT2D eigenvalue weighted by Crippen LogP contribution is -2.31. The molecule has 1 aliphatic heterocycles. The summed E-state index contributed by atoms with van der Waals surface area (Å²) in [5.41, 5.74) is 2.20. The lowest BCUT2D eigenvalue weighted by atomic mass is 9.95. The number of benzene rings is 2. The summed E-state index contributed by atoms with van der Waals surface area (Å²) >= 11 is 7.61. The molecule has 0 fully saturated rings. The van der Waals surface area contributed by atoms with Crippen LogP contribution in [0.5, 0.6) is 0 Å². The van der Waals surface area contributed by atoms with E-state index in [1.54, 1.807) is 25.1 Å². The van der Waals surface area contributed by atoms with Gasteiger partial charge in [0, 0.05) is 18.8 Å². The van der Waals surface area contributed by atoms with Gasteiger partial charge in [-0.15, -0.1) is 0 Å². The highest BCUT2D eigenvalue weighted by molar-refractivity contribution is 7.22. The molecular formula is C27H24ClN3O4S. The van der Waals surface area contributed by atoms with Gasteiger partial charge in [-0.05, 0) is 62.7 Å². The number of ketones is 1. The summed E-state index contributed by atoms with van der Waals surface area (Å²) in [6.07, 6.45) is 0. The van der Waals surface area contributed by atoms with E-state index in [9.17, 15) is 14.7 Å². The van der Waals surface area contributed by atoms with E-state index in [-0.39, 0.29) is 11.3 Å². The maximum Gasteiger partial charge on any atom is 0.296 e. The molecule has 2 aromatic carbocycles. The van der Waals surface area contributed by atoms with Crippen LogP contribution >= 0.6 is 22.9 Å². The normalized spacial score (nSPS) is 15.8. The van der Waals surface area contributed by atoms with Gasteiger partial charge >= 0.3 is 0 Å². The molecular weight excluding hydrogens is 498 g/mol. The van der Waals surface area contributed by atoms with Crippen molar-refractivity contribution in [3.63, 3.8) is 0 Å². The number of nitrogens with zero attached hydrogens (tertiary/aromatic N) is 3. The van der Waals surface area contributed by atoms with Crippen molar-refractivity contribution >= 4 is 55.7 Å². The topological polar surface area (TPSA) is 86.9 Å². The highest BCUT2D eigenvalue weighted by Gasteiger charge is 2.46. The number of aryl methyl sites for hydroxylation is 1. The fourth-order valence-electron chi connectivity index (χ4n) is 4.50. The molecule has 2 aromatic heterocycles. The van der Waals surface area contributed by atoms with Crippen molar-refractivity contribution in [2.75, 3.05) is 22.9 Å². The van der Waals surface area contributed by atoms with Crippen molar-refractivity contribution in [1.29, 1.82) is 0 Å². The molecule has 184 valence electrons. The van der Waals surface area contributed by atoms with Crippen LogP contribution in [0.15, 0.2) is 70.3 Å². The first-order valence-electron chi connectivity index (χ1n) is 11.6. The third-order valence-electron chi connectivity index (χ3n) is 6.32. The summed E-state index contributed by atoms with van der Waals surface area (Å²) in [6.45, 7) is 7.58. The van der Waals surface area contributed by atoms with Crippen molar-refractivity contribution in [3.05, 3.63) is 88.0 Å². The van der Waals surface area contributed by atoms with Gasteiger partial charge in [-0.25, -0.2) is 4.98 Å². The Kier molecular flexibility index (Phi) is 6.32. The molecule has 0 bridgehead atoms. The number of aliphatic hydroxyl groups is 1. The Morgan fingerprint density at radius 2 is 1.86 bits per heavy atom. The summed E-state index contributed by atoms with van der Waals surface area (Å²) in [4.78, 5) is 35.1. The van der Waals surface area contributed by atoms with Gasteiger partial charge in [0.1, 0.15) is 11.3 Å². The smallest absolute Gasteiger partial charge is 0.296 e. The van der Waals surface area contributed by atoms with Crippen LogP contribution in [0, 0.1) is 6.92 Å². The number of hydrogen-bond donors (Lipinski definition) is 1. The third kappa shape index (κ3) is 3.96. The van der Waals surface area contributed by atoms with Crippen molar-refractivity contribution < 1.29 is 19.1 Å². The van der Waals surface area contributed by atoms with Crippen molar-refractivity contribution in [2.45, 2.75) is 26.8 Å². The van der Waals surface area contributed by atoms with Crippen LogP contribution in [0.3, 0.4) is 0 Å². The largest absolute Gasteiger partial charge is 0.503 e. The second kappa shape index (κ2) is 9.44. The van der Waals surface area contributed by atoms with E-state index in [1.807, 2.05) is 36.4 Å². The molecule has 5 rings (SSSR count). The van der Waals surface area contributed by atoms with Gasteiger partial charge in [0.2, 0.25) is 5.78 Å². The molecule has 0 radical (unpaired) electrons. The number of carbonyl (C=O) groups excluding carboxylic acids is 2. The fourth-order valence-corrected chi connectivity index (χ4v) is 5.79. The number of halogens is 1. The number of aromatic nitrogens is 1. The van der Waals surface area contributed by atoms with E-state index in [4.69, 9.17) is 16.0 Å². The second-order valence-electron chi connectivity index (χ2n) is 8.43. The lowest BCUT2D eigenvalue weighted by Gasteiger charge is -2.26. The minimum atomic E-state index is -0.888. The average molecular weight is 522 g/mol. The molecule has 1 amide bonds. The minimum Gasteiger partial charge on any atom is -0.503 e. The Hall–Kier alpha value is -3.62. The number of Topliss-reactive ketones (excluding diaryl/α,β-unsaturated/α-hetero) is 1. The summed E-state index contributed by atoms with van der Waals surface area (Å²) in [6, 6.07) is 15.4. The summed E-state index contributed by atoms with van der Waals surface area (Å²) in [5, 5.41) is 11.8. The van der Waals surface area contributed by atoms with Gasteiger partial charge < -0.3 is 14.4 Å². The van der Waals surface area contributed by atoms with Crippen LogP contribution in [-0.4, -0.2) is 34.9 Å². The van der Waals surface area contributed by atoms with E-state index in [1.165, 1.54) is 16.2 Å². The van der Waals surface area contributed by atoms with Gasteiger partial charge in [-0.1, -0.05) is 41.1 Å². The zero-order valence-electron chi connectivity index (χ0n) is 20.0. The molecule has 1 N–H and O–H groups in total. The van der Waals surface area contributed by atoms with Gasteiger partial charge in [0.15, 0.2) is 16.7 Å². The van der Waals surface area contributed by atoms with E-state index >= 15 is 0 Å². The number of fused-ring (bicyclic) bond motifs is 1. The number of para-hydroxylation sites is 1. The summed E-state index contributed by atoms with van der Waals surface area (Å²) < 4.78 is 6.34. The Morgan fingerprint density at radius 1 is 1.14 bits per heavy atom. The molecule has 0 spiro atoms. The van der Waals surface area contributed by atoms with Crippen LogP contribution in [0.4, 0.5) is 10.8 Å². The van der Waals surface area contributed by atoms with Crippen LogP contribution in [0.1, 0.15) is 41.8 Å². The lowest BCUT2D eigenvalue weighted by molar-refractivity contribution is -0.117. The maximum absolute atomic E-state index is 13.5. The predicted octanol–water partition coefficient (Wildman–Crippen LogP) is 6.48. The number of rotatable bonds is 7. The molecule has 1 atom stereocenters. The van der Waals surface area contributed by atoms with Crippen molar-refractivity contribution in [3.8, 4) is 0 Å². The summed E-state index contributed by atoms with van der Waals surface area (Å²) in [5.74, 6) is -1.25. The molecule has 0 saturated carbocycles. The van der Waals surface area contributed by atoms with E-state index in [2.05, 4.69) is 23.7 Å². The highest BCUT2D eigenvalue weighted by Crippen LogP contribution is 2.45. The van der Waals surface area contributed by atoms with Crippen molar-refractivity contribution in [1.82, 2.24) is 4.98 Å². The molecule has 1 unspecified atom stereocenters. The Morgan fingerprint density at radius 3 is 2.47 bits per heavy atom. The number of amides is 1. The molecule has 3 heterocycles. The van der Waals surface area contributed by atoms with Gasteiger partial charge in [-0.3, -0.25) is 14.5 Å². The zero-order chi connectivity index (χ0) is 25.6. The number of thiazole rings is 1. The van der Waals surface area contributed by atoms with Crippen LogP contribution < -0.4 is 9.80 Å². The number of hydrogen-bond acceptors (Lipinski definition) is 7. The number of furan rings is 1. The van der Waals surface area contributed by atoms with Crippen LogP contribution in [0.2, 0.25) is 5.02 Å². The first kappa shape index (κ1) is 24.1. The Bertz CT molecular complexity index is 1500. The van der Waals surface area contributed by atoms with Gasteiger partial charge in [-0.2, -0.15) is 0 Å². The van der Waals surface area contributed by atoms with Crippen LogP contribution in [0.25, 0.3) is 10.2 Å². The number of anilines is 2. The van der Waals surface area contributed by atoms with E-state index in [0.717, 1.165) is 23.5 Å². The molecule has 0 aliphatic carbocycles. The maximum atomic E-state index is 13.5. The molecule has 7 nitrogen and oxygen atoms in total. The van der Waals surface area contributed by atoms with E-state index in [0.29, 0.717) is 27.0 Å². The van der Waals surface area contributed by atoms with Gasteiger partial charge in [0.05, 0.1) is 21.3 Å². The number of aliphatic hydroxyl groups excluding tert-OH is 1. The standard InChI is InChI=1S/C27H24ClN3O4S/c1-4-30(5-2)17-12-10-16(11-13-17)23-21(24(32)19-14-9-15(3)35-19)25(33)26(34)31(23)27-29-22-18(28)7-6-8-20(22)36-27/h6-14,23,33H,4-5H2,1-3H3. The Labute approximate surface area is 217 Å². The van der Waals surface area contributed by atoms with Crippen molar-refractivity contribution in [2.24, 2.45) is 0 Å². The monoisotopic (exact) mass is 521 g/mol. The zero-order valence-corrected chi connectivity index (χ0v) is 21.6. The molecule has 9 heteroatoms. The Balaban J connectivity index is 1.65. The summed E-state index contributed by atoms with van der Waals surface area (Å²) in [7, 11) is 0. The van der Waals surface area contributed by atoms with Crippen LogP contribution in [-0.2, 0) is 4.79 Å². The minimum absolute atomic E-state index is 0.0460. The first-order valence-corrected chi connectivity index (χ1v) is 12.8. The van der Waals surface area contributed by atoms with Gasteiger partial charge in [0.25, 0.3) is 5.91 Å². The second-order valence-corrected chi connectivity index (χ2v) is 9.84. The predicted molar refractivity (Wildman–Crippen MR) is 142 cm³/mol. The fraction of sp³-hybridized carbons (Fsp3) is 0.222. The molecule has 0 saturated heterocycles. The number of carbonyl (C=O) groups is 2. The molecule has 36 heavy (non-hydrogen) atoms. The van der Waals surface area contributed by atoms with E-state index < -0.39 is 23.5 Å². The highest BCUT2D eigenvalue weighted by atomic mass is 35.5. The SMILES string of the molecule is CCN(CC)c1ccc(C2C(C(=O)c3ccc(C)o3)=C(O)C(=O)N2c2nc3c(Cl)cccc3s2)cc1. The molecule has 1 aliphatic rings. The molecule has 4 aromatic rings. The quantitative estimate of drug-likeness (QED) is 0.280. The first-order chi connectivity index (χ1) is 17.3.